The van der Waals surface area contributed by atoms with Gasteiger partial charge in [0.15, 0.2) is 5.65 Å². The highest BCUT2D eigenvalue weighted by molar-refractivity contribution is 5.91. The first-order chi connectivity index (χ1) is 16.4. The SMILES string of the molecule is Cc1cc(N2CC[C@](C)(c3ccccc3)C2)cn2nc(C(=O)NC3COCC4(CNC4)C3)nc12. The van der Waals surface area contributed by atoms with E-state index >= 15 is 0 Å². The number of hydrogen-bond acceptors (Lipinski definition) is 6. The van der Waals surface area contributed by atoms with Gasteiger partial charge in [0.2, 0.25) is 5.82 Å². The lowest BCUT2D eigenvalue weighted by molar-refractivity contribution is -0.0525. The molecule has 8 heteroatoms. The number of ether oxygens (including phenoxy) is 1. The Labute approximate surface area is 199 Å². The van der Waals surface area contributed by atoms with Gasteiger partial charge in [-0.15, -0.1) is 5.10 Å². The largest absolute Gasteiger partial charge is 0.379 e. The van der Waals surface area contributed by atoms with Crippen molar-refractivity contribution < 1.29 is 9.53 Å². The summed E-state index contributed by atoms with van der Waals surface area (Å²) >= 11 is 0. The topological polar surface area (TPSA) is 83.8 Å². The van der Waals surface area contributed by atoms with Gasteiger partial charge in [0.25, 0.3) is 5.91 Å². The number of nitrogens with zero attached hydrogens (tertiary/aromatic N) is 4. The van der Waals surface area contributed by atoms with Crippen LogP contribution < -0.4 is 15.5 Å². The van der Waals surface area contributed by atoms with Crippen molar-refractivity contribution in [1.82, 2.24) is 25.2 Å². The molecule has 3 fully saturated rings. The van der Waals surface area contributed by atoms with Crippen LogP contribution in [0.3, 0.4) is 0 Å². The van der Waals surface area contributed by atoms with E-state index in [9.17, 15) is 4.79 Å². The van der Waals surface area contributed by atoms with E-state index in [4.69, 9.17) is 4.74 Å². The maximum absolute atomic E-state index is 13.0. The molecule has 0 aliphatic carbocycles. The zero-order chi connectivity index (χ0) is 23.3. The fourth-order valence-corrected chi connectivity index (χ4v) is 5.78. The Kier molecular flexibility index (Phi) is 5.11. The van der Waals surface area contributed by atoms with Crippen LogP contribution in [0.15, 0.2) is 42.6 Å². The minimum Gasteiger partial charge on any atom is -0.379 e. The zero-order valence-electron chi connectivity index (χ0n) is 19.9. The molecule has 2 atom stereocenters. The van der Waals surface area contributed by atoms with E-state index in [1.165, 1.54) is 5.56 Å². The molecule has 5 heterocycles. The number of aryl methyl sites for hydroxylation is 1. The normalized spacial score (nSPS) is 26.1. The Morgan fingerprint density at radius 1 is 1.26 bits per heavy atom. The molecule has 1 spiro atoms. The third-order valence-electron chi connectivity index (χ3n) is 7.86. The Balaban J connectivity index is 1.20. The molecule has 1 aromatic carbocycles. The van der Waals surface area contributed by atoms with Crippen LogP contribution >= 0.6 is 0 Å². The van der Waals surface area contributed by atoms with Crippen LogP contribution in [-0.4, -0.2) is 65.9 Å². The van der Waals surface area contributed by atoms with Crippen molar-refractivity contribution in [2.75, 3.05) is 44.3 Å². The highest BCUT2D eigenvalue weighted by Gasteiger charge is 2.42. The van der Waals surface area contributed by atoms with Crippen LogP contribution in [0.25, 0.3) is 5.65 Å². The first-order valence-corrected chi connectivity index (χ1v) is 12.2. The standard InChI is InChI=1S/C26H32N6O2/c1-18-10-21(31-9-8-25(2,16-31)19-6-4-3-5-7-19)12-32-23(18)29-22(30-32)24(33)28-20-11-26(14-27-15-26)17-34-13-20/h3-7,10,12,20,27H,8-9,11,13-17H2,1-2H3,(H,28,33)/t20?,25-/m0/s1. The van der Waals surface area contributed by atoms with E-state index in [0.29, 0.717) is 6.61 Å². The summed E-state index contributed by atoms with van der Waals surface area (Å²) in [6.07, 6.45) is 4.03. The number of amides is 1. The van der Waals surface area contributed by atoms with Gasteiger partial charge in [-0.25, -0.2) is 9.50 Å². The maximum atomic E-state index is 13.0. The average Bonchev–Trinajstić information content (AvgIpc) is 3.44. The second kappa shape index (κ2) is 8.06. The molecule has 3 aliphatic heterocycles. The molecule has 3 aliphatic rings. The predicted octanol–water partition coefficient (Wildman–Crippen LogP) is 2.31. The van der Waals surface area contributed by atoms with Gasteiger partial charge >= 0.3 is 0 Å². The van der Waals surface area contributed by atoms with Crippen molar-refractivity contribution in [2.24, 2.45) is 5.41 Å². The minimum absolute atomic E-state index is 0.00751. The summed E-state index contributed by atoms with van der Waals surface area (Å²) in [6, 6.07) is 12.9. The summed E-state index contributed by atoms with van der Waals surface area (Å²) < 4.78 is 7.53. The second-order valence-electron chi connectivity index (χ2n) is 10.7. The maximum Gasteiger partial charge on any atom is 0.291 e. The third-order valence-corrected chi connectivity index (χ3v) is 7.86. The quantitative estimate of drug-likeness (QED) is 0.622. The molecule has 178 valence electrons. The van der Waals surface area contributed by atoms with E-state index in [0.717, 1.165) is 62.5 Å². The highest BCUT2D eigenvalue weighted by Crippen LogP contribution is 2.37. The monoisotopic (exact) mass is 460 g/mol. The lowest BCUT2D eigenvalue weighted by Crippen LogP contribution is -2.62. The molecular weight excluding hydrogens is 428 g/mol. The number of aromatic nitrogens is 3. The van der Waals surface area contributed by atoms with Crippen LogP contribution in [0.2, 0.25) is 0 Å². The molecule has 1 unspecified atom stereocenters. The second-order valence-corrected chi connectivity index (χ2v) is 10.7. The number of carbonyl (C=O) groups is 1. The molecule has 0 bridgehead atoms. The summed E-state index contributed by atoms with van der Waals surface area (Å²) in [5.74, 6) is -0.0254. The van der Waals surface area contributed by atoms with Crippen LogP contribution in [-0.2, 0) is 10.2 Å². The van der Waals surface area contributed by atoms with Crippen molar-refractivity contribution in [1.29, 1.82) is 0 Å². The number of rotatable bonds is 4. The smallest absolute Gasteiger partial charge is 0.291 e. The number of anilines is 1. The predicted molar refractivity (Wildman–Crippen MR) is 130 cm³/mol. The highest BCUT2D eigenvalue weighted by atomic mass is 16.5. The number of hydrogen-bond donors (Lipinski definition) is 2. The van der Waals surface area contributed by atoms with Crippen LogP contribution in [0, 0.1) is 12.3 Å². The van der Waals surface area contributed by atoms with Gasteiger partial charge in [-0.3, -0.25) is 4.79 Å². The number of pyridine rings is 1. The zero-order valence-corrected chi connectivity index (χ0v) is 19.9. The number of benzene rings is 1. The summed E-state index contributed by atoms with van der Waals surface area (Å²) in [6.45, 7) is 9.51. The summed E-state index contributed by atoms with van der Waals surface area (Å²) in [4.78, 5) is 19.9. The van der Waals surface area contributed by atoms with Crippen molar-refractivity contribution >= 4 is 17.2 Å². The molecule has 1 amide bonds. The molecule has 8 nitrogen and oxygen atoms in total. The minimum atomic E-state index is -0.236. The Morgan fingerprint density at radius 2 is 2.09 bits per heavy atom. The molecule has 6 rings (SSSR count). The summed E-state index contributed by atoms with van der Waals surface area (Å²) in [5, 5.41) is 11.0. The average molecular weight is 461 g/mol. The molecule has 3 saturated heterocycles. The molecule has 0 saturated carbocycles. The Morgan fingerprint density at radius 3 is 2.85 bits per heavy atom. The first kappa shape index (κ1) is 21.6. The Hall–Kier alpha value is -2.97. The van der Waals surface area contributed by atoms with Crippen LogP contribution in [0.5, 0.6) is 0 Å². The van der Waals surface area contributed by atoms with Crippen LogP contribution in [0.4, 0.5) is 5.69 Å². The van der Waals surface area contributed by atoms with Gasteiger partial charge in [0, 0.05) is 37.0 Å². The summed E-state index contributed by atoms with van der Waals surface area (Å²) in [7, 11) is 0. The van der Waals surface area contributed by atoms with Crippen LogP contribution in [0.1, 0.15) is 41.5 Å². The van der Waals surface area contributed by atoms with Crippen molar-refractivity contribution in [3.05, 3.63) is 59.5 Å². The molecular formula is C26H32N6O2. The molecule has 2 N–H and O–H groups in total. The van der Waals surface area contributed by atoms with Gasteiger partial charge in [-0.1, -0.05) is 37.3 Å². The number of carbonyl (C=O) groups excluding carboxylic acids is 1. The van der Waals surface area contributed by atoms with E-state index in [1.807, 2.05) is 13.1 Å². The Bertz CT molecular complexity index is 1220. The van der Waals surface area contributed by atoms with Gasteiger partial charge in [-0.2, -0.15) is 0 Å². The summed E-state index contributed by atoms with van der Waals surface area (Å²) in [5.41, 5.74) is 4.50. The van der Waals surface area contributed by atoms with Crippen molar-refractivity contribution in [2.45, 2.75) is 38.1 Å². The van der Waals surface area contributed by atoms with E-state index in [-0.39, 0.29) is 28.6 Å². The number of nitrogens with one attached hydrogen (secondary N) is 2. The molecule has 34 heavy (non-hydrogen) atoms. The van der Waals surface area contributed by atoms with Gasteiger partial charge in [0.1, 0.15) is 0 Å². The lowest BCUT2D eigenvalue weighted by Gasteiger charge is -2.47. The molecule has 3 aromatic rings. The third kappa shape index (κ3) is 3.75. The lowest BCUT2D eigenvalue weighted by atomic mass is 9.75. The van der Waals surface area contributed by atoms with Gasteiger partial charge < -0.3 is 20.3 Å². The fourth-order valence-electron chi connectivity index (χ4n) is 5.78. The molecule has 0 radical (unpaired) electrons. The molecule has 2 aromatic heterocycles. The number of fused-ring (bicyclic) bond motifs is 1. The van der Waals surface area contributed by atoms with Gasteiger partial charge in [-0.05, 0) is 37.0 Å². The van der Waals surface area contributed by atoms with Crippen molar-refractivity contribution in [3.8, 4) is 0 Å². The van der Waals surface area contributed by atoms with Gasteiger partial charge in [0.05, 0.1) is 31.1 Å². The van der Waals surface area contributed by atoms with E-state index < -0.39 is 0 Å². The van der Waals surface area contributed by atoms with E-state index in [1.54, 1.807) is 4.52 Å². The van der Waals surface area contributed by atoms with Crippen molar-refractivity contribution in [3.63, 3.8) is 0 Å². The first-order valence-electron chi connectivity index (χ1n) is 12.2. The van der Waals surface area contributed by atoms with E-state index in [2.05, 4.69) is 68.9 Å². The fraction of sp³-hybridized carbons (Fsp3) is 0.500.